The SMILES string of the molecule is CN=C(NCCc1nc(C)c(C)s1)NCCC1CCCN(C(=O)OC(C)(C)C)C1.I. The number of amides is 1. The monoisotopic (exact) mass is 551 g/mol. The average Bonchev–Trinajstić information content (AvgIpc) is 2.97. The minimum absolute atomic E-state index is 0. The molecule has 30 heavy (non-hydrogen) atoms. The number of aliphatic imine (C=N–C) groups is 1. The molecule has 1 aliphatic heterocycles. The maximum atomic E-state index is 12.3. The van der Waals surface area contributed by atoms with Crippen LogP contribution in [0.1, 0.15) is 55.6 Å². The Labute approximate surface area is 202 Å². The quantitative estimate of drug-likeness (QED) is 0.316. The number of thiazole rings is 1. The third-order valence-corrected chi connectivity index (χ3v) is 6.08. The predicted octanol–water partition coefficient (Wildman–Crippen LogP) is 4.12. The molecule has 1 fully saturated rings. The van der Waals surface area contributed by atoms with E-state index >= 15 is 0 Å². The lowest BCUT2D eigenvalue weighted by atomic mass is 9.95. The highest BCUT2D eigenvalue weighted by Gasteiger charge is 2.27. The van der Waals surface area contributed by atoms with Crippen LogP contribution in [0.3, 0.4) is 0 Å². The number of carbonyl (C=O) groups excluding carboxylic acids is 1. The van der Waals surface area contributed by atoms with Crippen LogP contribution in [0.25, 0.3) is 0 Å². The molecule has 1 atom stereocenters. The van der Waals surface area contributed by atoms with Gasteiger partial charge in [-0.25, -0.2) is 9.78 Å². The van der Waals surface area contributed by atoms with Crippen LogP contribution in [0.4, 0.5) is 4.79 Å². The van der Waals surface area contributed by atoms with E-state index < -0.39 is 5.60 Å². The topological polar surface area (TPSA) is 78.9 Å². The first-order valence-corrected chi connectivity index (χ1v) is 11.3. The Hall–Kier alpha value is -1.10. The van der Waals surface area contributed by atoms with E-state index in [4.69, 9.17) is 4.74 Å². The number of hydrogen-bond donors (Lipinski definition) is 2. The standard InChI is InChI=1S/C21H37N5O2S.HI/c1-15-16(2)29-18(25-15)10-12-24-19(22-6)23-11-9-17-8-7-13-26(14-17)20(27)28-21(3,4)5;/h17H,7-14H2,1-6H3,(H2,22,23,24);1H. The summed E-state index contributed by atoms with van der Waals surface area (Å²) in [6.45, 7) is 13.1. The molecule has 1 aromatic heterocycles. The summed E-state index contributed by atoms with van der Waals surface area (Å²) in [5.41, 5.74) is 0.681. The number of carbonyl (C=O) groups is 1. The lowest BCUT2D eigenvalue weighted by molar-refractivity contribution is 0.0162. The first kappa shape index (κ1) is 26.9. The number of hydrogen-bond acceptors (Lipinski definition) is 5. The van der Waals surface area contributed by atoms with Gasteiger partial charge in [-0.05, 0) is 59.8 Å². The first-order valence-electron chi connectivity index (χ1n) is 10.5. The number of guanidine groups is 1. The third-order valence-electron chi connectivity index (χ3n) is 4.94. The molecule has 0 radical (unpaired) electrons. The van der Waals surface area contributed by atoms with Gasteiger partial charge in [-0.15, -0.1) is 35.3 Å². The van der Waals surface area contributed by atoms with Crippen LogP contribution >= 0.6 is 35.3 Å². The number of aromatic nitrogens is 1. The highest BCUT2D eigenvalue weighted by Crippen LogP contribution is 2.21. The molecule has 2 rings (SSSR count). The van der Waals surface area contributed by atoms with E-state index in [2.05, 4.69) is 34.5 Å². The van der Waals surface area contributed by atoms with Gasteiger partial charge in [0.15, 0.2) is 5.96 Å². The Bertz CT molecular complexity index is 683. The highest BCUT2D eigenvalue weighted by atomic mass is 127. The van der Waals surface area contributed by atoms with Crippen LogP contribution < -0.4 is 10.6 Å². The number of ether oxygens (including phenoxy) is 1. The molecule has 172 valence electrons. The summed E-state index contributed by atoms with van der Waals surface area (Å²) in [4.78, 5) is 24.3. The van der Waals surface area contributed by atoms with E-state index in [0.29, 0.717) is 5.92 Å². The molecule has 1 saturated heterocycles. The van der Waals surface area contributed by atoms with Crippen LogP contribution in [-0.4, -0.2) is 60.8 Å². The van der Waals surface area contributed by atoms with Crippen molar-refractivity contribution in [2.24, 2.45) is 10.9 Å². The summed E-state index contributed by atoms with van der Waals surface area (Å²) in [6.07, 6.45) is 3.89. The molecular formula is C21H38IN5O2S. The zero-order valence-corrected chi connectivity index (χ0v) is 22.4. The second-order valence-corrected chi connectivity index (χ2v) is 9.94. The second-order valence-electron chi connectivity index (χ2n) is 8.65. The fourth-order valence-electron chi connectivity index (χ4n) is 3.34. The minimum Gasteiger partial charge on any atom is -0.444 e. The van der Waals surface area contributed by atoms with Crippen molar-refractivity contribution in [3.05, 3.63) is 15.6 Å². The molecule has 7 nitrogen and oxygen atoms in total. The van der Waals surface area contributed by atoms with Gasteiger partial charge in [0.2, 0.25) is 0 Å². The predicted molar refractivity (Wildman–Crippen MR) is 135 cm³/mol. The molecule has 0 bridgehead atoms. The zero-order valence-electron chi connectivity index (χ0n) is 19.2. The number of piperidine rings is 1. The lowest BCUT2D eigenvalue weighted by Crippen LogP contribution is -2.44. The van der Waals surface area contributed by atoms with Crippen LogP contribution in [0.5, 0.6) is 0 Å². The average molecular weight is 552 g/mol. The number of aryl methyl sites for hydroxylation is 2. The molecule has 0 spiro atoms. The van der Waals surface area contributed by atoms with Crippen molar-refractivity contribution < 1.29 is 9.53 Å². The van der Waals surface area contributed by atoms with Gasteiger partial charge in [-0.3, -0.25) is 4.99 Å². The maximum Gasteiger partial charge on any atom is 0.410 e. The molecule has 0 saturated carbocycles. The fourth-order valence-corrected chi connectivity index (χ4v) is 4.28. The third kappa shape index (κ3) is 9.36. The van der Waals surface area contributed by atoms with Crippen LogP contribution in [-0.2, 0) is 11.2 Å². The van der Waals surface area contributed by atoms with Gasteiger partial charge in [0, 0.05) is 44.5 Å². The normalized spacial score (nSPS) is 17.3. The Balaban J connectivity index is 0.00000450. The zero-order chi connectivity index (χ0) is 21.4. The molecule has 1 aliphatic rings. The van der Waals surface area contributed by atoms with Gasteiger partial charge in [-0.2, -0.15) is 0 Å². The fraction of sp³-hybridized carbons (Fsp3) is 0.762. The summed E-state index contributed by atoms with van der Waals surface area (Å²) < 4.78 is 5.51. The molecule has 1 aromatic rings. The van der Waals surface area contributed by atoms with Crippen molar-refractivity contribution in [3.63, 3.8) is 0 Å². The van der Waals surface area contributed by atoms with Crippen molar-refractivity contribution >= 4 is 47.4 Å². The van der Waals surface area contributed by atoms with Crippen LogP contribution in [0.15, 0.2) is 4.99 Å². The summed E-state index contributed by atoms with van der Waals surface area (Å²) >= 11 is 1.76. The molecule has 0 aromatic carbocycles. The summed E-state index contributed by atoms with van der Waals surface area (Å²) in [7, 11) is 1.79. The highest BCUT2D eigenvalue weighted by molar-refractivity contribution is 14.0. The molecule has 1 amide bonds. The molecule has 2 N–H and O–H groups in total. The van der Waals surface area contributed by atoms with Crippen molar-refractivity contribution in [1.82, 2.24) is 20.5 Å². The molecular weight excluding hydrogens is 513 g/mol. The van der Waals surface area contributed by atoms with E-state index in [1.807, 2.05) is 25.7 Å². The van der Waals surface area contributed by atoms with E-state index in [9.17, 15) is 4.79 Å². The maximum absolute atomic E-state index is 12.3. The first-order chi connectivity index (χ1) is 13.7. The summed E-state index contributed by atoms with van der Waals surface area (Å²) in [5.74, 6) is 1.30. The largest absolute Gasteiger partial charge is 0.444 e. The van der Waals surface area contributed by atoms with E-state index in [1.54, 1.807) is 18.4 Å². The van der Waals surface area contributed by atoms with Crippen molar-refractivity contribution in [2.75, 3.05) is 33.2 Å². The smallest absolute Gasteiger partial charge is 0.410 e. The number of likely N-dealkylation sites (tertiary alicyclic amines) is 1. The Kier molecular flexibility index (Phi) is 11.4. The van der Waals surface area contributed by atoms with Crippen molar-refractivity contribution in [2.45, 2.75) is 65.9 Å². The van der Waals surface area contributed by atoms with E-state index in [1.165, 1.54) is 4.88 Å². The van der Waals surface area contributed by atoms with Crippen LogP contribution in [0, 0.1) is 19.8 Å². The minimum atomic E-state index is -0.445. The Morgan fingerprint density at radius 1 is 1.30 bits per heavy atom. The van der Waals surface area contributed by atoms with Gasteiger partial charge < -0.3 is 20.3 Å². The van der Waals surface area contributed by atoms with E-state index in [0.717, 1.165) is 68.5 Å². The molecule has 2 heterocycles. The number of rotatable bonds is 6. The Morgan fingerprint density at radius 2 is 2.00 bits per heavy atom. The number of nitrogens with one attached hydrogen (secondary N) is 2. The Morgan fingerprint density at radius 3 is 2.60 bits per heavy atom. The van der Waals surface area contributed by atoms with Crippen LogP contribution in [0.2, 0.25) is 0 Å². The van der Waals surface area contributed by atoms with Gasteiger partial charge in [0.05, 0.1) is 10.7 Å². The summed E-state index contributed by atoms with van der Waals surface area (Å²) in [5, 5.41) is 7.91. The van der Waals surface area contributed by atoms with Crippen molar-refractivity contribution in [3.8, 4) is 0 Å². The van der Waals surface area contributed by atoms with Gasteiger partial charge >= 0.3 is 6.09 Å². The van der Waals surface area contributed by atoms with E-state index in [-0.39, 0.29) is 30.1 Å². The number of nitrogens with zero attached hydrogens (tertiary/aromatic N) is 3. The molecule has 9 heteroatoms. The van der Waals surface area contributed by atoms with Gasteiger partial charge in [0.1, 0.15) is 5.60 Å². The number of halogens is 1. The van der Waals surface area contributed by atoms with Gasteiger partial charge in [0.25, 0.3) is 0 Å². The molecule has 1 unspecified atom stereocenters. The van der Waals surface area contributed by atoms with Crippen molar-refractivity contribution in [1.29, 1.82) is 0 Å². The lowest BCUT2D eigenvalue weighted by Gasteiger charge is -2.34. The molecule has 0 aliphatic carbocycles. The second kappa shape index (κ2) is 12.7. The van der Waals surface area contributed by atoms with Gasteiger partial charge in [-0.1, -0.05) is 0 Å². The summed E-state index contributed by atoms with van der Waals surface area (Å²) in [6, 6.07) is 0.